The van der Waals surface area contributed by atoms with Gasteiger partial charge in [0.25, 0.3) is 0 Å². The van der Waals surface area contributed by atoms with Crippen molar-refractivity contribution in [2.75, 3.05) is 6.61 Å². The molecule has 1 aromatic rings. The fourth-order valence-electron chi connectivity index (χ4n) is 5.25. The van der Waals surface area contributed by atoms with Crippen LogP contribution in [0.3, 0.4) is 0 Å². The summed E-state index contributed by atoms with van der Waals surface area (Å²) in [4.78, 5) is 12.3. The Morgan fingerprint density at radius 1 is 0.579 bits per heavy atom. The van der Waals surface area contributed by atoms with E-state index < -0.39 is 0 Å². The van der Waals surface area contributed by atoms with Gasteiger partial charge in [-0.3, -0.25) is 4.79 Å². The molecule has 0 bridgehead atoms. The van der Waals surface area contributed by atoms with Crippen molar-refractivity contribution in [2.45, 2.75) is 175 Å². The molecular weight excluding hydrogens is 468 g/mol. The molecule has 0 aromatic heterocycles. The van der Waals surface area contributed by atoms with E-state index in [1.54, 1.807) is 0 Å². The number of benzene rings is 1. The number of phenols is 1. The van der Waals surface area contributed by atoms with E-state index in [4.69, 9.17) is 4.74 Å². The summed E-state index contributed by atoms with van der Waals surface area (Å²) >= 11 is 0. The van der Waals surface area contributed by atoms with E-state index in [-0.39, 0.29) is 5.97 Å². The molecule has 0 aliphatic carbocycles. The zero-order chi connectivity index (χ0) is 27.7. The first-order chi connectivity index (χ1) is 18.6. The van der Waals surface area contributed by atoms with Crippen LogP contribution in [0.4, 0.5) is 0 Å². The van der Waals surface area contributed by atoms with Crippen LogP contribution in [-0.2, 0) is 28.8 Å². The predicted octanol–water partition coefficient (Wildman–Crippen LogP) is 10.8. The minimum atomic E-state index is -0.139. The highest BCUT2D eigenvalue weighted by atomic mass is 16.5. The molecular formula is C35H62O3. The highest BCUT2D eigenvalue weighted by molar-refractivity contribution is 5.70. The minimum absolute atomic E-state index is 0.139. The third-order valence-corrected chi connectivity index (χ3v) is 7.81. The first-order valence-corrected chi connectivity index (χ1v) is 16.6. The number of carbonyl (C=O) groups is 1. The SMILES string of the molecule is CCCCCCCCCCCCCCCCCCOC(=O)CCc1cc(CCCC)cc(CCCC)c1O. The van der Waals surface area contributed by atoms with Gasteiger partial charge in [0.15, 0.2) is 0 Å². The molecule has 3 nitrogen and oxygen atoms in total. The molecule has 38 heavy (non-hydrogen) atoms. The molecule has 0 fully saturated rings. The second-order valence-corrected chi connectivity index (χ2v) is 11.5. The highest BCUT2D eigenvalue weighted by Gasteiger charge is 2.12. The van der Waals surface area contributed by atoms with Crippen LogP contribution in [0.2, 0.25) is 0 Å². The van der Waals surface area contributed by atoms with Gasteiger partial charge in [0.2, 0.25) is 0 Å². The molecule has 1 N–H and O–H groups in total. The Morgan fingerprint density at radius 3 is 1.50 bits per heavy atom. The summed E-state index contributed by atoms with van der Waals surface area (Å²) < 4.78 is 5.49. The normalized spacial score (nSPS) is 11.2. The minimum Gasteiger partial charge on any atom is -0.507 e. The fraction of sp³-hybridized carbons (Fsp3) is 0.800. The fourth-order valence-corrected chi connectivity index (χ4v) is 5.25. The second kappa shape index (κ2) is 24.5. The molecule has 3 heteroatoms. The Hall–Kier alpha value is -1.51. The Morgan fingerprint density at radius 2 is 1.00 bits per heavy atom. The summed E-state index contributed by atoms with van der Waals surface area (Å²) in [6.45, 7) is 7.19. The van der Waals surface area contributed by atoms with E-state index in [9.17, 15) is 9.90 Å². The standard InChI is InChI=1S/C35H62O3/c1-4-7-10-11-12-13-14-15-16-17-18-19-20-21-22-23-28-38-34(36)27-26-33-30-31(24-8-5-2)29-32(35(33)37)25-9-6-3/h29-30,37H,4-28H2,1-3H3. The second-order valence-electron chi connectivity index (χ2n) is 11.5. The van der Waals surface area contributed by atoms with Crippen LogP contribution in [-0.4, -0.2) is 17.7 Å². The van der Waals surface area contributed by atoms with Crippen molar-refractivity contribution < 1.29 is 14.6 Å². The smallest absolute Gasteiger partial charge is 0.306 e. The lowest BCUT2D eigenvalue weighted by Gasteiger charge is -2.13. The van der Waals surface area contributed by atoms with Crippen LogP contribution in [0, 0.1) is 0 Å². The molecule has 0 amide bonds. The first kappa shape index (κ1) is 34.5. The van der Waals surface area contributed by atoms with Crippen molar-refractivity contribution in [3.8, 4) is 5.75 Å². The quantitative estimate of drug-likeness (QED) is 0.0956. The zero-order valence-electron chi connectivity index (χ0n) is 25.6. The molecule has 0 saturated carbocycles. The van der Waals surface area contributed by atoms with Gasteiger partial charge in [0, 0.05) is 6.42 Å². The molecule has 0 heterocycles. The monoisotopic (exact) mass is 530 g/mol. The summed E-state index contributed by atoms with van der Waals surface area (Å²) in [5.41, 5.74) is 3.23. The van der Waals surface area contributed by atoms with Crippen molar-refractivity contribution in [3.63, 3.8) is 0 Å². The van der Waals surface area contributed by atoms with Gasteiger partial charge in [-0.05, 0) is 55.2 Å². The summed E-state index contributed by atoms with van der Waals surface area (Å²) in [6, 6.07) is 4.27. The average Bonchev–Trinajstić information content (AvgIpc) is 2.92. The number of aromatic hydroxyl groups is 1. The van der Waals surface area contributed by atoms with Gasteiger partial charge in [-0.2, -0.15) is 0 Å². The molecule has 0 radical (unpaired) electrons. The Labute approximate surface area is 236 Å². The molecule has 0 atom stereocenters. The molecule has 0 unspecified atom stereocenters. The number of aryl methyl sites for hydroxylation is 3. The Balaban J connectivity index is 2.08. The van der Waals surface area contributed by atoms with E-state index in [1.807, 2.05) is 0 Å². The van der Waals surface area contributed by atoms with E-state index in [0.717, 1.165) is 62.5 Å². The number of ether oxygens (including phenoxy) is 1. The summed E-state index contributed by atoms with van der Waals surface area (Å²) in [7, 11) is 0. The van der Waals surface area contributed by atoms with Gasteiger partial charge in [0.1, 0.15) is 5.75 Å². The van der Waals surface area contributed by atoms with Crippen molar-refractivity contribution in [3.05, 3.63) is 28.8 Å². The van der Waals surface area contributed by atoms with Gasteiger partial charge in [-0.1, -0.05) is 142 Å². The lowest BCUT2D eigenvalue weighted by molar-refractivity contribution is -0.143. The van der Waals surface area contributed by atoms with Gasteiger partial charge in [-0.15, -0.1) is 0 Å². The third kappa shape index (κ3) is 17.9. The van der Waals surface area contributed by atoms with Gasteiger partial charge in [0.05, 0.1) is 6.61 Å². The van der Waals surface area contributed by atoms with Crippen LogP contribution in [0.25, 0.3) is 0 Å². The maximum absolute atomic E-state index is 12.3. The molecule has 0 spiro atoms. The topological polar surface area (TPSA) is 46.5 Å². The maximum atomic E-state index is 12.3. The van der Waals surface area contributed by atoms with Gasteiger partial charge in [-0.25, -0.2) is 0 Å². The molecule has 0 aliphatic rings. The van der Waals surface area contributed by atoms with Gasteiger partial charge >= 0.3 is 5.97 Å². The Kier molecular flexibility index (Phi) is 22.3. The van der Waals surface area contributed by atoms with E-state index in [1.165, 1.54) is 95.5 Å². The number of unbranched alkanes of at least 4 members (excludes halogenated alkanes) is 17. The molecule has 1 rings (SSSR count). The van der Waals surface area contributed by atoms with Crippen LogP contribution >= 0.6 is 0 Å². The van der Waals surface area contributed by atoms with E-state index in [0.29, 0.717) is 25.2 Å². The third-order valence-electron chi connectivity index (χ3n) is 7.81. The number of carbonyl (C=O) groups excluding carboxylic acids is 1. The Bertz CT molecular complexity index is 697. The van der Waals surface area contributed by atoms with Crippen molar-refractivity contribution in [1.82, 2.24) is 0 Å². The lowest BCUT2D eigenvalue weighted by atomic mass is 9.95. The number of hydrogen-bond donors (Lipinski definition) is 1. The predicted molar refractivity (Wildman–Crippen MR) is 164 cm³/mol. The molecule has 1 aromatic carbocycles. The lowest BCUT2D eigenvalue weighted by Crippen LogP contribution is -2.08. The largest absolute Gasteiger partial charge is 0.507 e. The number of hydrogen-bond acceptors (Lipinski definition) is 3. The van der Waals surface area contributed by atoms with Crippen molar-refractivity contribution in [2.24, 2.45) is 0 Å². The van der Waals surface area contributed by atoms with Crippen LogP contribution in [0.5, 0.6) is 5.75 Å². The molecule has 0 saturated heterocycles. The van der Waals surface area contributed by atoms with E-state index in [2.05, 4.69) is 32.9 Å². The van der Waals surface area contributed by atoms with Crippen LogP contribution in [0.15, 0.2) is 12.1 Å². The first-order valence-electron chi connectivity index (χ1n) is 16.6. The summed E-state index contributed by atoms with van der Waals surface area (Å²) in [6.07, 6.45) is 28.8. The van der Waals surface area contributed by atoms with Crippen LogP contribution < -0.4 is 0 Å². The number of esters is 1. The average molecular weight is 531 g/mol. The number of phenolic OH excluding ortho intramolecular Hbond substituents is 1. The zero-order valence-corrected chi connectivity index (χ0v) is 25.6. The maximum Gasteiger partial charge on any atom is 0.306 e. The summed E-state index contributed by atoms with van der Waals surface area (Å²) in [5.74, 6) is 0.253. The van der Waals surface area contributed by atoms with Crippen molar-refractivity contribution >= 4 is 5.97 Å². The number of rotatable bonds is 26. The summed E-state index contributed by atoms with van der Waals surface area (Å²) in [5, 5.41) is 10.8. The van der Waals surface area contributed by atoms with Gasteiger partial charge < -0.3 is 9.84 Å². The van der Waals surface area contributed by atoms with E-state index >= 15 is 0 Å². The van der Waals surface area contributed by atoms with Crippen LogP contribution in [0.1, 0.15) is 172 Å². The highest BCUT2D eigenvalue weighted by Crippen LogP contribution is 2.28. The molecule has 0 aliphatic heterocycles. The molecule has 220 valence electrons. The van der Waals surface area contributed by atoms with Crippen molar-refractivity contribution in [1.29, 1.82) is 0 Å².